The molecule has 2 aliphatic rings. The molecule has 6 heteroatoms. The predicted octanol–water partition coefficient (Wildman–Crippen LogP) is 0.472. The molecule has 116 valence electrons. The first-order chi connectivity index (χ1) is 9.79. The van der Waals surface area contributed by atoms with Crippen LogP contribution >= 0.6 is 11.8 Å². The van der Waals surface area contributed by atoms with E-state index >= 15 is 0 Å². The van der Waals surface area contributed by atoms with Crippen LogP contribution in [0.3, 0.4) is 0 Å². The number of carbonyl (C=O) groups excluding carboxylic acids is 1. The van der Waals surface area contributed by atoms with Gasteiger partial charge in [-0.15, -0.1) is 11.8 Å². The molecule has 1 amide bonds. The number of nitrogens with zero attached hydrogens (tertiary/aromatic N) is 1. The average molecular weight is 302 g/mol. The van der Waals surface area contributed by atoms with Crippen LogP contribution in [-0.2, 0) is 9.53 Å². The Kier molecular flexibility index (Phi) is 7.13. The SMILES string of the molecule is O=C(CSC1CCNCC1)N1CCC(OCCO)CC1. The molecule has 2 N–H and O–H groups in total. The van der Waals surface area contributed by atoms with Crippen molar-refractivity contribution in [1.29, 1.82) is 0 Å². The highest BCUT2D eigenvalue weighted by Crippen LogP contribution is 2.21. The Morgan fingerprint density at radius 1 is 1.25 bits per heavy atom. The zero-order valence-corrected chi connectivity index (χ0v) is 12.9. The molecule has 20 heavy (non-hydrogen) atoms. The van der Waals surface area contributed by atoms with Crippen LogP contribution in [0.5, 0.6) is 0 Å². The van der Waals surface area contributed by atoms with E-state index in [-0.39, 0.29) is 18.6 Å². The molecule has 0 aromatic rings. The number of likely N-dealkylation sites (tertiary alicyclic amines) is 1. The molecule has 0 aromatic carbocycles. The maximum Gasteiger partial charge on any atom is 0.232 e. The third kappa shape index (κ3) is 5.24. The van der Waals surface area contributed by atoms with Gasteiger partial charge in [-0.2, -0.15) is 0 Å². The van der Waals surface area contributed by atoms with E-state index in [4.69, 9.17) is 9.84 Å². The lowest BCUT2D eigenvalue weighted by Gasteiger charge is -2.32. The van der Waals surface area contributed by atoms with Crippen molar-refractivity contribution in [1.82, 2.24) is 10.2 Å². The van der Waals surface area contributed by atoms with Gasteiger partial charge in [0.05, 0.1) is 25.1 Å². The van der Waals surface area contributed by atoms with E-state index in [9.17, 15) is 4.79 Å². The topological polar surface area (TPSA) is 61.8 Å². The summed E-state index contributed by atoms with van der Waals surface area (Å²) in [5.74, 6) is 0.890. The number of ether oxygens (including phenoxy) is 1. The van der Waals surface area contributed by atoms with Crippen LogP contribution in [0.1, 0.15) is 25.7 Å². The molecular formula is C14H26N2O3S. The van der Waals surface area contributed by atoms with Crippen molar-refractivity contribution in [3.63, 3.8) is 0 Å². The number of rotatable bonds is 6. The maximum absolute atomic E-state index is 12.2. The molecule has 0 saturated carbocycles. The van der Waals surface area contributed by atoms with Crippen LogP contribution in [0.25, 0.3) is 0 Å². The summed E-state index contributed by atoms with van der Waals surface area (Å²) in [7, 11) is 0. The first-order valence-corrected chi connectivity index (χ1v) is 8.67. The molecule has 2 rings (SSSR count). The number of piperidine rings is 2. The second kappa shape index (κ2) is 8.87. The monoisotopic (exact) mass is 302 g/mol. The Morgan fingerprint density at radius 3 is 2.60 bits per heavy atom. The highest BCUT2D eigenvalue weighted by Gasteiger charge is 2.24. The zero-order chi connectivity index (χ0) is 14.2. The lowest BCUT2D eigenvalue weighted by atomic mass is 10.1. The van der Waals surface area contributed by atoms with Gasteiger partial charge in [0.1, 0.15) is 0 Å². The number of amides is 1. The second-order valence-corrected chi connectivity index (χ2v) is 6.72. The highest BCUT2D eigenvalue weighted by atomic mass is 32.2. The van der Waals surface area contributed by atoms with Crippen molar-refractivity contribution in [2.24, 2.45) is 0 Å². The fraction of sp³-hybridized carbons (Fsp3) is 0.929. The van der Waals surface area contributed by atoms with Gasteiger partial charge in [-0.05, 0) is 38.8 Å². The predicted molar refractivity (Wildman–Crippen MR) is 81.0 cm³/mol. The van der Waals surface area contributed by atoms with Crippen molar-refractivity contribution < 1.29 is 14.6 Å². The van der Waals surface area contributed by atoms with Gasteiger partial charge in [0.2, 0.25) is 5.91 Å². The molecule has 0 unspecified atom stereocenters. The molecule has 2 aliphatic heterocycles. The van der Waals surface area contributed by atoms with E-state index in [1.54, 1.807) is 0 Å². The maximum atomic E-state index is 12.2. The molecule has 2 saturated heterocycles. The Bertz CT molecular complexity index is 290. The number of aliphatic hydroxyl groups excluding tert-OH is 1. The minimum absolute atomic E-state index is 0.0754. The molecule has 0 spiro atoms. The van der Waals surface area contributed by atoms with Crippen LogP contribution < -0.4 is 5.32 Å². The van der Waals surface area contributed by atoms with Crippen molar-refractivity contribution in [3.8, 4) is 0 Å². The van der Waals surface area contributed by atoms with Gasteiger partial charge in [0.15, 0.2) is 0 Å². The minimum atomic E-state index is 0.0754. The van der Waals surface area contributed by atoms with Crippen LogP contribution in [0.2, 0.25) is 0 Å². The molecule has 0 radical (unpaired) electrons. The van der Waals surface area contributed by atoms with Gasteiger partial charge in [0.25, 0.3) is 0 Å². The largest absolute Gasteiger partial charge is 0.394 e. The zero-order valence-electron chi connectivity index (χ0n) is 12.1. The van der Waals surface area contributed by atoms with Gasteiger partial charge in [-0.1, -0.05) is 0 Å². The number of carbonyl (C=O) groups is 1. The van der Waals surface area contributed by atoms with Gasteiger partial charge in [0, 0.05) is 18.3 Å². The fourth-order valence-corrected chi connectivity index (χ4v) is 3.86. The van der Waals surface area contributed by atoms with Crippen molar-refractivity contribution in [2.45, 2.75) is 37.0 Å². The van der Waals surface area contributed by atoms with Gasteiger partial charge in [-0.3, -0.25) is 4.79 Å². The Morgan fingerprint density at radius 2 is 1.95 bits per heavy atom. The summed E-state index contributed by atoms with van der Waals surface area (Å²) in [5, 5.41) is 12.7. The summed E-state index contributed by atoms with van der Waals surface area (Å²) in [6, 6.07) is 0. The summed E-state index contributed by atoms with van der Waals surface area (Å²) in [4.78, 5) is 14.1. The van der Waals surface area contributed by atoms with Crippen molar-refractivity contribution >= 4 is 17.7 Å². The van der Waals surface area contributed by atoms with E-state index in [2.05, 4.69) is 5.32 Å². The lowest BCUT2D eigenvalue weighted by Crippen LogP contribution is -2.42. The minimum Gasteiger partial charge on any atom is -0.394 e. The molecule has 0 aliphatic carbocycles. The van der Waals surface area contributed by atoms with Crippen LogP contribution in [0, 0.1) is 0 Å². The standard InChI is InChI=1S/C14H26N2O3S/c17-9-10-19-12-3-7-16(8-4-12)14(18)11-20-13-1-5-15-6-2-13/h12-13,15,17H,1-11H2. The molecule has 2 heterocycles. The third-order valence-corrected chi connectivity index (χ3v) is 5.32. The number of thioether (sulfide) groups is 1. The molecule has 5 nitrogen and oxygen atoms in total. The molecular weight excluding hydrogens is 276 g/mol. The van der Waals surface area contributed by atoms with Gasteiger partial charge >= 0.3 is 0 Å². The molecule has 0 aromatic heterocycles. The fourth-order valence-electron chi connectivity index (χ4n) is 2.73. The van der Waals surface area contributed by atoms with Crippen LogP contribution in [0.4, 0.5) is 0 Å². The lowest BCUT2D eigenvalue weighted by molar-refractivity contribution is -0.131. The number of hydrogen-bond donors (Lipinski definition) is 2. The molecule has 0 atom stereocenters. The number of aliphatic hydroxyl groups is 1. The first kappa shape index (κ1) is 16.1. The summed E-state index contributed by atoms with van der Waals surface area (Å²) in [6.07, 6.45) is 4.35. The normalized spacial score (nSPS) is 22.1. The number of hydrogen-bond acceptors (Lipinski definition) is 5. The second-order valence-electron chi connectivity index (χ2n) is 5.43. The quantitative estimate of drug-likeness (QED) is 0.747. The average Bonchev–Trinajstić information content (AvgIpc) is 2.52. The van der Waals surface area contributed by atoms with Crippen molar-refractivity contribution in [3.05, 3.63) is 0 Å². The summed E-state index contributed by atoms with van der Waals surface area (Å²) < 4.78 is 5.52. The Hall–Kier alpha value is -0.300. The van der Waals surface area contributed by atoms with Crippen LogP contribution in [0.15, 0.2) is 0 Å². The Labute approximate surface area is 125 Å². The molecule has 2 fully saturated rings. The Balaban J connectivity index is 1.61. The number of nitrogens with one attached hydrogen (secondary N) is 1. The van der Waals surface area contributed by atoms with E-state index in [0.29, 0.717) is 17.6 Å². The van der Waals surface area contributed by atoms with E-state index in [1.807, 2.05) is 16.7 Å². The smallest absolute Gasteiger partial charge is 0.232 e. The van der Waals surface area contributed by atoms with Crippen molar-refractivity contribution in [2.75, 3.05) is 45.1 Å². The van der Waals surface area contributed by atoms with E-state index in [0.717, 1.165) is 39.0 Å². The van der Waals surface area contributed by atoms with Gasteiger partial charge in [-0.25, -0.2) is 0 Å². The highest BCUT2D eigenvalue weighted by molar-refractivity contribution is 8.00. The summed E-state index contributed by atoms with van der Waals surface area (Å²) in [6.45, 7) is 4.23. The van der Waals surface area contributed by atoms with E-state index < -0.39 is 0 Å². The van der Waals surface area contributed by atoms with E-state index in [1.165, 1.54) is 12.8 Å². The van der Waals surface area contributed by atoms with Gasteiger partial charge < -0.3 is 20.1 Å². The summed E-state index contributed by atoms with van der Waals surface area (Å²) in [5.41, 5.74) is 0. The molecule has 0 bridgehead atoms. The van der Waals surface area contributed by atoms with Crippen LogP contribution in [-0.4, -0.2) is 72.4 Å². The first-order valence-electron chi connectivity index (χ1n) is 7.62. The third-order valence-electron chi connectivity index (χ3n) is 3.97. The summed E-state index contributed by atoms with van der Waals surface area (Å²) >= 11 is 1.82.